The maximum atomic E-state index is 12.9. The highest BCUT2D eigenvalue weighted by Crippen LogP contribution is 2.41. The molecule has 2 aromatic heterocycles. The van der Waals surface area contributed by atoms with E-state index in [9.17, 15) is 39.6 Å². The number of rotatable bonds is 16. The lowest BCUT2D eigenvalue weighted by atomic mass is 9.89. The van der Waals surface area contributed by atoms with Crippen molar-refractivity contribution in [3.05, 3.63) is 69.4 Å². The highest BCUT2D eigenvalue weighted by atomic mass is 16.7. The first-order chi connectivity index (χ1) is 30.3. The van der Waals surface area contributed by atoms with Crippen LogP contribution in [0.4, 0.5) is 11.4 Å². The molecule has 64 heavy (non-hydrogen) atoms. The number of hydrogen-bond acceptors (Lipinski definition) is 18. The van der Waals surface area contributed by atoms with E-state index in [4.69, 9.17) is 46.7 Å². The van der Waals surface area contributed by atoms with Crippen LogP contribution >= 0.6 is 0 Å². The Labute approximate surface area is 366 Å². The summed E-state index contributed by atoms with van der Waals surface area (Å²) in [7, 11) is 5.45. The number of aliphatic hydroxyl groups is 4. The van der Waals surface area contributed by atoms with Crippen molar-refractivity contribution in [2.75, 3.05) is 39.1 Å². The molecule has 0 saturated carbocycles. The Balaban J connectivity index is 1.000. The van der Waals surface area contributed by atoms with Gasteiger partial charge in [-0.15, -0.1) is 0 Å². The van der Waals surface area contributed by atoms with E-state index >= 15 is 0 Å². The second kappa shape index (κ2) is 19.7. The van der Waals surface area contributed by atoms with Gasteiger partial charge in [0, 0.05) is 37.8 Å². The molecule has 6 rings (SSSR count). The smallest absolute Gasteiger partial charge is 0.360 e. The molecule has 8 atom stereocenters. The SMILES string of the molecule is COc1c(O[C@@H]2OC(C)(C)[C@H](OC)[C@@H](O)[C@H]2O)ccc2cc(NC(=O)CC/C=C/CCC(=O)Nc3cc4ccc(O[C@@H]5OC(C)(C)[C@H](OC)[C@@H](O)[C@H]5O)c(OC)c4oc3=O)c(=O)oc12. The van der Waals surface area contributed by atoms with Gasteiger partial charge in [0.1, 0.15) is 48.0 Å². The van der Waals surface area contributed by atoms with Crippen LogP contribution in [-0.2, 0) is 28.5 Å². The summed E-state index contributed by atoms with van der Waals surface area (Å²) in [6.07, 6.45) is -5.93. The largest absolute Gasteiger partial charge is 0.490 e. The maximum Gasteiger partial charge on any atom is 0.360 e. The van der Waals surface area contributed by atoms with Crippen LogP contribution in [0, 0.1) is 0 Å². The molecule has 2 fully saturated rings. The molecule has 0 bridgehead atoms. The van der Waals surface area contributed by atoms with Gasteiger partial charge in [0.25, 0.3) is 0 Å². The van der Waals surface area contributed by atoms with E-state index in [1.165, 1.54) is 52.7 Å². The minimum atomic E-state index is -1.48. The number of aliphatic hydroxyl groups excluding tert-OH is 4. The van der Waals surface area contributed by atoms with Crippen molar-refractivity contribution in [3.63, 3.8) is 0 Å². The zero-order valence-electron chi connectivity index (χ0n) is 36.6. The average Bonchev–Trinajstić information content (AvgIpc) is 3.23. The first kappa shape index (κ1) is 47.9. The van der Waals surface area contributed by atoms with Crippen LogP contribution in [-0.4, -0.2) is 121 Å². The first-order valence-corrected chi connectivity index (χ1v) is 20.3. The Bertz CT molecular complexity index is 2310. The number of nitrogens with one attached hydrogen (secondary N) is 2. The molecule has 2 amide bonds. The molecule has 348 valence electrons. The van der Waals surface area contributed by atoms with E-state index in [1.54, 1.807) is 52.0 Å². The average molecular weight is 899 g/mol. The number of methoxy groups -OCH3 is 4. The van der Waals surface area contributed by atoms with E-state index in [1.807, 2.05) is 0 Å². The Morgan fingerprint density at radius 1 is 0.625 bits per heavy atom. The normalized spacial score (nSPS) is 25.2. The Kier molecular flexibility index (Phi) is 14.7. The van der Waals surface area contributed by atoms with E-state index in [0.29, 0.717) is 10.8 Å². The molecule has 0 unspecified atom stereocenters. The van der Waals surface area contributed by atoms with Crippen molar-refractivity contribution in [3.8, 4) is 23.0 Å². The summed E-state index contributed by atoms with van der Waals surface area (Å²) in [6.45, 7) is 6.71. The Morgan fingerprint density at radius 3 is 1.34 bits per heavy atom. The number of benzene rings is 2. The predicted octanol–water partition coefficient (Wildman–Crippen LogP) is 3.11. The summed E-state index contributed by atoms with van der Waals surface area (Å²) in [5, 5.41) is 48.5. The molecule has 0 radical (unpaired) electrons. The lowest BCUT2D eigenvalue weighted by Crippen LogP contribution is -2.63. The van der Waals surface area contributed by atoms with Gasteiger partial charge >= 0.3 is 11.3 Å². The fraction of sp³-hybridized carbons (Fsp3) is 0.500. The number of fused-ring (bicyclic) bond motifs is 2. The third-order valence-corrected chi connectivity index (χ3v) is 10.9. The molecule has 4 aromatic rings. The van der Waals surface area contributed by atoms with E-state index in [2.05, 4.69) is 10.6 Å². The zero-order chi connectivity index (χ0) is 46.7. The number of hydrogen-bond donors (Lipinski definition) is 6. The van der Waals surface area contributed by atoms with Gasteiger partial charge < -0.3 is 77.8 Å². The number of amides is 2. The molecular formula is C44H54N2O18. The van der Waals surface area contributed by atoms with E-state index < -0.39 is 83.5 Å². The summed E-state index contributed by atoms with van der Waals surface area (Å²) >= 11 is 0. The standard InChI is InChI=1S/C44H54N2O18/c1-43(2)37(57-7)29(49)31(51)41(63-43)59-25-17-15-21-19-23(39(53)61-33(21)35(25)55-5)45-27(47)13-11-9-10-12-14-28(48)46-24-20-22-16-18-26(36(56-6)34(22)62-40(24)54)60-42-32(52)30(50)38(58-8)44(3,4)64-42/h9-10,15-20,29-32,37-38,41-42,49-52H,11-14H2,1-8H3,(H,45,47)(H,46,48)/b10-9+/t29-,30-,31+,32+,37+,38+,41+,42+/m0/s1. The molecule has 0 spiro atoms. The number of carbonyl (C=O) groups excluding carboxylic acids is 2. The highest BCUT2D eigenvalue weighted by molar-refractivity contribution is 5.95. The third-order valence-electron chi connectivity index (χ3n) is 10.9. The van der Waals surface area contributed by atoms with Crippen LogP contribution in [0.1, 0.15) is 53.4 Å². The fourth-order valence-corrected chi connectivity index (χ4v) is 7.78. The molecule has 2 saturated heterocycles. The van der Waals surface area contributed by atoms with Crippen LogP contribution in [0.5, 0.6) is 23.0 Å². The van der Waals surface area contributed by atoms with Crippen LogP contribution in [0.2, 0.25) is 0 Å². The van der Waals surface area contributed by atoms with Crippen LogP contribution in [0.15, 0.2) is 67.0 Å². The summed E-state index contributed by atoms with van der Waals surface area (Å²) in [4.78, 5) is 51.4. The van der Waals surface area contributed by atoms with Gasteiger partial charge in [0.05, 0.1) is 25.4 Å². The van der Waals surface area contributed by atoms with Gasteiger partial charge in [-0.05, 0) is 76.9 Å². The molecular weight excluding hydrogens is 844 g/mol. The van der Waals surface area contributed by atoms with Crippen molar-refractivity contribution < 1.29 is 76.7 Å². The van der Waals surface area contributed by atoms with Gasteiger partial charge in [-0.1, -0.05) is 12.2 Å². The minimum absolute atomic E-state index is 0.00293. The molecule has 20 nitrogen and oxygen atoms in total. The van der Waals surface area contributed by atoms with Crippen molar-refractivity contribution in [1.29, 1.82) is 0 Å². The summed E-state index contributed by atoms with van der Waals surface area (Å²) < 4.78 is 56.2. The van der Waals surface area contributed by atoms with Gasteiger partial charge in [-0.2, -0.15) is 0 Å². The molecule has 2 aliphatic rings. The minimum Gasteiger partial charge on any atom is -0.490 e. The van der Waals surface area contributed by atoms with Gasteiger partial charge in [-0.3, -0.25) is 9.59 Å². The predicted molar refractivity (Wildman–Crippen MR) is 228 cm³/mol. The molecule has 2 aliphatic heterocycles. The van der Waals surface area contributed by atoms with Crippen LogP contribution in [0.3, 0.4) is 0 Å². The summed E-state index contributed by atoms with van der Waals surface area (Å²) in [5.74, 6) is -0.777. The van der Waals surface area contributed by atoms with E-state index in [0.717, 1.165) is 0 Å². The topological polar surface area (TPSA) is 273 Å². The number of anilines is 2. The van der Waals surface area contributed by atoms with Gasteiger partial charge in [0.15, 0.2) is 22.7 Å². The highest BCUT2D eigenvalue weighted by Gasteiger charge is 2.52. The molecule has 4 heterocycles. The van der Waals surface area contributed by atoms with Crippen molar-refractivity contribution >= 4 is 45.1 Å². The second-order valence-electron chi connectivity index (χ2n) is 16.3. The lowest BCUT2D eigenvalue weighted by Gasteiger charge is -2.46. The molecule has 0 aliphatic carbocycles. The maximum absolute atomic E-state index is 12.9. The number of ether oxygens (including phenoxy) is 8. The summed E-state index contributed by atoms with van der Waals surface area (Å²) in [5.41, 5.74) is -3.98. The lowest BCUT2D eigenvalue weighted by molar-refractivity contribution is -0.306. The van der Waals surface area contributed by atoms with E-state index in [-0.39, 0.29) is 71.2 Å². The summed E-state index contributed by atoms with van der Waals surface area (Å²) in [6, 6.07) is 8.97. The van der Waals surface area contributed by atoms with Gasteiger partial charge in [-0.25, -0.2) is 9.59 Å². The first-order valence-electron chi connectivity index (χ1n) is 20.3. The zero-order valence-corrected chi connectivity index (χ0v) is 36.6. The van der Waals surface area contributed by atoms with Crippen LogP contribution < -0.4 is 40.8 Å². The molecule has 2 aromatic carbocycles. The number of carbonyl (C=O) groups is 2. The van der Waals surface area contributed by atoms with Crippen LogP contribution in [0.25, 0.3) is 21.9 Å². The van der Waals surface area contributed by atoms with Gasteiger partial charge in [0.2, 0.25) is 35.9 Å². The monoisotopic (exact) mass is 898 g/mol. The Hall–Kier alpha value is -5.58. The quantitative estimate of drug-likeness (QED) is 0.0696. The fourth-order valence-electron chi connectivity index (χ4n) is 7.78. The second-order valence-corrected chi connectivity index (χ2v) is 16.3. The Morgan fingerprint density at radius 2 is 1.00 bits per heavy atom. The third kappa shape index (κ3) is 10.0. The molecule has 20 heteroatoms. The number of allylic oxidation sites excluding steroid dienone is 2. The van der Waals surface area contributed by atoms with Crippen molar-refractivity contribution in [1.82, 2.24) is 0 Å². The van der Waals surface area contributed by atoms with Crippen molar-refractivity contribution in [2.24, 2.45) is 0 Å². The molecule has 6 N–H and O–H groups in total. The van der Waals surface area contributed by atoms with Crippen molar-refractivity contribution in [2.45, 2.75) is 114 Å².